The number of nitrogens with zero attached hydrogens (tertiary/aromatic N) is 6. The molecule has 1 aliphatic rings. The van der Waals surface area contributed by atoms with E-state index >= 15 is 0 Å². The fraction of sp³-hybridized carbons (Fsp3) is 0.130. The van der Waals surface area contributed by atoms with Gasteiger partial charge in [-0.25, -0.2) is 9.78 Å². The Labute approximate surface area is 216 Å². The Kier molecular flexibility index (Phi) is 5.47. The van der Waals surface area contributed by atoms with Gasteiger partial charge in [0.25, 0.3) is 5.56 Å². The van der Waals surface area contributed by atoms with Crippen molar-refractivity contribution in [3.8, 4) is 27.4 Å². The Bertz CT molecular complexity index is 1690. The molecule has 2 N–H and O–H groups in total. The summed E-state index contributed by atoms with van der Waals surface area (Å²) >= 11 is 14.1. The average molecular weight is 540 g/mol. The number of halogens is 2. The molecule has 0 radical (unpaired) electrons. The molecule has 180 valence electrons. The number of thiophene rings is 1. The molecule has 36 heavy (non-hydrogen) atoms. The third-order valence-corrected chi connectivity index (χ3v) is 7.79. The maximum absolute atomic E-state index is 13.5. The quantitative estimate of drug-likeness (QED) is 0.336. The summed E-state index contributed by atoms with van der Waals surface area (Å²) in [6, 6.07) is 10.1. The van der Waals surface area contributed by atoms with E-state index < -0.39 is 5.97 Å². The first-order chi connectivity index (χ1) is 17.4. The fourth-order valence-corrected chi connectivity index (χ4v) is 5.71. The van der Waals surface area contributed by atoms with Crippen LogP contribution in [0.4, 0.5) is 0 Å². The molecule has 0 amide bonds. The largest absolute Gasteiger partial charge is 0.477 e. The zero-order valence-electron chi connectivity index (χ0n) is 18.2. The Morgan fingerprint density at radius 2 is 2.03 bits per heavy atom. The predicted octanol–water partition coefficient (Wildman–Crippen LogP) is 4.48. The third-order valence-electron chi connectivity index (χ3n) is 6.09. The van der Waals surface area contributed by atoms with Gasteiger partial charge >= 0.3 is 5.97 Å². The number of carbonyl (C=O) groups is 1. The number of hydrogen-bond acceptors (Lipinski definition) is 7. The summed E-state index contributed by atoms with van der Waals surface area (Å²) in [7, 11) is 0. The van der Waals surface area contributed by atoms with Gasteiger partial charge in [-0.15, -0.1) is 16.4 Å². The topological polar surface area (TPSA) is 132 Å². The van der Waals surface area contributed by atoms with Gasteiger partial charge in [0, 0.05) is 21.8 Å². The van der Waals surface area contributed by atoms with E-state index in [-0.39, 0.29) is 21.5 Å². The summed E-state index contributed by atoms with van der Waals surface area (Å²) in [4.78, 5) is 33.5. The lowest BCUT2D eigenvalue weighted by atomic mass is 10.0. The van der Waals surface area contributed by atoms with Crippen LogP contribution in [0.25, 0.3) is 27.4 Å². The summed E-state index contributed by atoms with van der Waals surface area (Å²) < 4.78 is 3.15. The van der Waals surface area contributed by atoms with Crippen LogP contribution < -0.4 is 5.56 Å². The van der Waals surface area contributed by atoms with Gasteiger partial charge in [0.15, 0.2) is 0 Å². The highest BCUT2D eigenvalue weighted by atomic mass is 35.5. The molecule has 5 aromatic rings. The summed E-state index contributed by atoms with van der Waals surface area (Å²) in [5, 5.41) is 21.1. The molecule has 4 aromatic heterocycles. The molecule has 1 aromatic carbocycles. The Balaban J connectivity index is 1.41. The molecule has 5 heterocycles. The molecule has 0 fully saturated rings. The van der Waals surface area contributed by atoms with Crippen molar-refractivity contribution < 1.29 is 9.90 Å². The zero-order valence-corrected chi connectivity index (χ0v) is 20.5. The van der Waals surface area contributed by atoms with Crippen LogP contribution in [0.5, 0.6) is 0 Å². The van der Waals surface area contributed by atoms with Gasteiger partial charge < -0.3 is 14.7 Å². The number of carboxylic acid groups (broad SMARTS) is 1. The molecule has 0 aliphatic carbocycles. The van der Waals surface area contributed by atoms with E-state index in [4.69, 9.17) is 23.2 Å². The zero-order chi connectivity index (χ0) is 25.0. The number of aryl methyl sites for hydroxylation is 1. The standard InChI is InChI=1S/C23H15Cl2N7O3S/c24-11-1-3-16(31-10-27-29-30-31)13(7-11)14-8-12-2-4-17(32(12)22(33)20(14)25)21-26-9-15(28-21)18-5-6-19(36-18)23(34)35/h1,3,5-10,17H,2,4H2,(H,26,28)(H,34,35)/t17-/m0/s1. The van der Waals surface area contributed by atoms with Crippen molar-refractivity contribution in [2.45, 2.75) is 18.9 Å². The van der Waals surface area contributed by atoms with Gasteiger partial charge in [-0.1, -0.05) is 23.2 Å². The van der Waals surface area contributed by atoms with E-state index in [1.165, 1.54) is 11.0 Å². The Morgan fingerprint density at radius 1 is 1.17 bits per heavy atom. The van der Waals surface area contributed by atoms with E-state index in [0.29, 0.717) is 46.2 Å². The van der Waals surface area contributed by atoms with Gasteiger partial charge in [-0.05, 0) is 59.7 Å². The number of fused-ring (bicyclic) bond motifs is 1. The number of tetrazole rings is 1. The van der Waals surface area contributed by atoms with Crippen LogP contribution in [-0.2, 0) is 6.42 Å². The Morgan fingerprint density at radius 3 is 2.78 bits per heavy atom. The summed E-state index contributed by atoms with van der Waals surface area (Å²) in [6.45, 7) is 0. The number of aromatic carboxylic acids is 1. The van der Waals surface area contributed by atoms with Crippen LogP contribution in [0.3, 0.4) is 0 Å². The van der Waals surface area contributed by atoms with Crippen molar-refractivity contribution in [2.75, 3.05) is 0 Å². The number of hydrogen-bond donors (Lipinski definition) is 2. The van der Waals surface area contributed by atoms with Gasteiger partial charge in [0.2, 0.25) is 0 Å². The third kappa shape index (κ3) is 3.72. The van der Waals surface area contributed by atoms with Crippen molar-refractivity contribution in [3.05, 3.63) is 85.7 Å². The van der Waals surface area contributed by atoms with E-state index in [2.05, 4.69) is 25.5 Å². The molecule has 13 heteroatoms. The van der Waals surface area contributed by atoms with Gasteiger partial charge in [-0.3, -0.25) is 4.79 Å². The first-order valence-electron chi connectivity index (χ1n) is 10.8. The van der Waals surface area contributed by atoms with Crippen LogP contribution in [-0.4, -0.2) is 45.8 Å². The van der Waals surface area contributed by atoms with Gasteiger partial charge in [0.05, 0.1) is 28.5 Å². The van der Waals surface area contributed by atoms with Crippen LogP contribution in [0.15, 0.2) is 53.7 Å². The van der Waals surface area contributed by atoms with Crippen molar-refractivity contribution in [3.63, 3.8) is 0 Å². The van der Waals surface area contributed by atoms with Crippen LogP contribution in [0.2, 0.25) is 10.0 Å². The van der Waals surface area contributed by atoms with E-state index in [9.17, 15) is 14.7 Å². The van der Waals surface area contributed by atoms with Crippen LogP contribution in [0.1, 0.15) is 33.7 Å². The minimum Gasteiger partial charge on any atom is -0.477 e. The smallest absolute Gasteiger partial charge is 0.345 e. The minimum absolute atomic E-state index is 0.0541. The first kappa shape index (κ1) is 22.7. The molecule has 1 atom stereocenters. The number of H-pyrrole nitrogens is 1. The highest BCUT2D eigenvalue weighted by Gasteiger charge is 2.30. The number of nitrogens with one attached hydrogen (secondary N) is 1. The molecule has 0 saturated carbocycles. The highest BCUT2D eigenvalue weighted by molar-refractivity contribution is 7.17. The number of rotatable bonds is 5. The lowest BCUT2D eigenvalue weighted by molar-refractivity contribution is 0.0702. The molecular formula is C23H15Cl2N7O3S. The maximum atomic E-state index is 13.5. The van der Waals surface area contributed by atoms with E-state index in [0.717, 1.165) is 21.9 Å². The number of aromatic amines is 1. The van der Waals surface area contributed by atoms with Crippen molar-refractivity contribution >= 4 is 40.5 Å². The number of aromatic nitrogens is 7. The number of pyridine rings is 1. The molecular weight excluding hydrogens is 525 g/mol. The van der Waals surface area contributed by atoms with Crippen molar-refractivity contribution in [1.82, 2.24) is 34.7 Å². The van der Waals surface area contributed by atoms with E-state index in [1.54, 1.807) is 41.1 Å². The number of carboxylic acids is 1. The van der Waals surface area contributed by atoms with Crippen LogP contribution >= 0.6 is 34.5 Å². The molecule has 10 nitrogen and oxygen atoms in total. The first-order valence-corrected chi connectivity index (χ1v) is 12.3. The molecule has 0 spiro atoms. The summed E-state index contributed by atoms with van der Waals surface area (Å²) in [5.41, 5.74) is 2.98. The fourth-order valence-electron chi connectivity index (χ4n) is 4.48. The van der Waals surface area contributed by atoms with Gasteiger partial charge in [0.1, 0.15) is 22.1 Å². The molecule has 1 aliphatic heterocycles. The molecule has 0 bridgehead atoms. The lowest BCUT2D eigenvalue weighted by Gasteiger charge is -2.16. The van der Waals surface area contributed by atoms with Crippen molar-refractivity contribution in [2.24, 2.45) is 0 Å². The predicted molar refractivity (Wildman–Crippen MR) is 134 cm³/mol. The number of imidazole rings is 1. The second kappa shape index (κ2) is 8.70. The molecule has 6 rings (SSSR count). The van der Waals surface area contributed by atoms with Gasteiger partial charge in [-0.2, -0.15) is 4.68 Å². The highest BCUT2D eigenvalue weighted by Crippen LogP contribution is 2.38. The monoisotopic (exact) mass is 539 g/mol. The maximum Gasteiger partial charge on any atom is 0.345 e. The second-order valence-corrected chi connectivity index (χ2v) is 10.1. The molecule has 0 saturated heterocycles. The van der Waals surface area contributed by atoms with Crippen LogP contribution in [0, 0.1) is 0 Å². The number of benzene rings is 1. The summed E-state index contributed by atoms with van der Waals surface area (Å²) in [6.07, 6.45) is 4.40. The molecule has 0 unspecified atom stereocenters. The lowest BCUT2D eigenvalue weighted by Crippen LogP contribution is -2.25. The summed E-state index contributed by atoms with van der Waals surface area (Å²) in [5.74, 6) is -0.368. The second-order valence-electron chi connectivity index (χ2n) is 8.16. The Hall–Kier alpha value is -3.80. The normalized spacial score (nSPS) is 14.8. The average Bonchev–Trinajstić information content (AvgIpc) is 3.67. The van der Waals surface area contributed by atoms with E-state index in [1.807, 2.05) is 6.07 Å². The SMILES string of the molecule is O=C(O)c1ccc(-c2cnc([C@@H]3CCc4cc(-c5cc(Cl)ccc5-n5cnnn5)c(Cl)c(=O)n43)[nH]2)s1. The van der Waals surface area contributed by atoms with Crippen molar-refractivity contribution in [1.29, 1.82) is 0 Å². The minimum atomic E-state index is -0.976.